The molecule has 110 valence electrons. The second-order valence-corrected chi connectivity index (χ2v) is 6.38. The smallest absolute Gasteiger partial charge is 0.294 e. The lowest BCUT2D eigenvalue weighted by Gasteiger charge is -2.06. The van der Waals surface area contributed by atoms with Crippen LogP contribution in [-0.2, 0) is 6.54 Å². The average molecular weight is 391 g/mol. The first-order valence-corrected chi connectivity index (χ1v) is 7.68. The van der Waals surface area contributed by atoms with Crippen LogP contribution in [0.5, 0.6) is 0 Å². The summed E-state index contributed by atoms with van der Waals surface area (Å²) >= 11 is 10.6. The van der Waals surface area contributed by atoms with Crippen LogP contribution in [0.3, 0.4) is 0 Å². The third kappa shape index (κ3) is 3.72. The lowest BCUT2D eigenvalue weighted by molar-refractivity contribution is -0.383. The summed E-state index contributed by atoms with van der Waals surface area (Å²) in [6.07, 6.45) is 0. The minimum Gasteiger partial charge on any atom is -0.392 e. The molecule has 0 spiro atoms. The number of nitrogen functional groups attached to an aromatic ring is 1. The summed E-state index contributed by atoms with van der Waals surface area (Å²) in [5, 5.41) is 15.4. The lowest BCUT2D eigenvalue weighted by Crippen LogP contribution is -2.22. The first-order chi connectivity index (χ1) is 9.88. The van der Waals surface area contributed by atoms with Crippen molar-refractivity contribution in [3.05, 3.63) is 53.6 Å². The van der Waals surface area contributed by atoms with Crippen LogP contribution in [0.15, 0.2) is 28.1 Å². The number of nitrogens with zero attached hydrogens (tertiary/aromatic N) is 1. The molecule has 0 aliphatic rings. The number of hydrogen-bond donors (Lipinski definition) is 2. The van der Waals surface area contributed by atoms with Gasteiger partial charge in [0.05, 0.1) is 16.5 Å². The molecule has 9 heteroatoms. The summed E-state index contributed by atoms with van der Waals surface area (Å²) in [5.74, 6) is -0.454. The number of nitrogens with one attached hydrogen (secondary N) is 1. The first-order valence-electron chi connectivity index (χ1n) is 5.63. The highest BCUT2D eigenvalue weighted by atomic mass is 79.9. The molecular formula is C12H9BrClN3O3S. The second kappa shape index (κ2) is 6.42. The van der Waals surface area contributed by atoms with Crippen molar-refractivity contribution < 1.29 is 9.72 Å². The zero-order chi connectivity index (χ0) is 15.6. The summed E-state index contributed by atoms with van der Waals surface area (Å²) in [4.78, 5) is 23.2. The van der Waals surface area contributed by atoms with Gasteiger partial charge in [0.25, 0.3) is 11.6 Å². The van der Waals surface area contributed by atoms with Crippen molar-refractivity contribution in [2.75, 3.05) is 5.73 Å². The van der Waals surface area contributed by atoms with Crippen LogP contribution in [0.1, 0.15) is 15.2 Å². The number of rotatable bonds is 4. The monoisotopic (exact) mass is 389 g/mol. The fourth-order valence-corrected chi connectivity index (χ4v) is 3.21. The number of hydrogen-bond acceptors (Lipinski definition) is 5. The molecule has 2 rings (SSSR count). The molecular weight excluding hydrogens is 382 g/mol. The van der Waals surface area contributed by atoms with Gasteiger partial charge >= 0.3 is 0 Å². The van der Waals surface area contributed by atoms with Crippen LogP contribution in [0.2, 0.25) is 5.02 Å². The van der Waals surface area contributed by atoms with Crippen molar-refractivity contribution in [3.63, 3.8) is 0 Å². The number of benzene rings is 1. The standard InChI is InChI=1S/C12H9BrClN3O3S/c13-7-3-8(21-5-7)4-16-12(18)6-1-9(14)11(15)10(2-6)17(19)20/h1-3,5H,4,15H2,(H,16,18). The topological polar surface area (TPSA) is 98.3 Å². The molecule has 1 aromatic heterocycles. The zero-order valence-corrected chi connectivity index (χ0v) is 13.6. The Labute approximate surface area is 137 Å². The molecule has 1 amide bonds. The van der Waals surface area contributed by atoms with E-state index in [4.69, 9.17) is 17.3 Å². The summed E-state index contributed by atoms with van der Waals surface area (Å²) < 4.78 is 0.933. The molecule has 1 aromatic carbocycles. The second-order valence-electron chi connectivity index (χ2n) is 4.06. The van der Waals surface area contributed by atoms with Crippen molar-refractivity contribution in [2.24, 2.45) is 0 Å². The third-order valence-corrected chi connectivity index (χ3v) is 4.62. The molecule has 6 nitrogen and oxygen atoms in total. The van der Waals surface area contributed by atoms with Crippen LogP contribution in [0, 0.1) is 10.1 Å². The third-order valence-electron chi connectivity index (χ3n) is 2.61. The number of anilines is 1. The number of nitro groups is 1. The number of carbonyl (C=O) groups is 1. The van der Waals surface area contributed by atoms with Crippen LogP contribution >= 0.6 is 38.9 Å². The van der Waals surface area contributed by atoms with Gasteiger partial charge in [0.1, 0.15) is 5.69 Å². The summed E-state index contributed by atoms with van der Waals surface area (Å²) in [6, 6.07) is 4.30. The number of halogens is 2. The van der Waals surface area contributed by atoms with E-state index in [9.17, 15) is 14.9 Å². The summed E-state index contributed by atoms with van der Waals surface area (Å²) in [6.45, 7) is 0.324. The Morgan fingerprint density at radius 2 is 2.19 bits per heavy atom. The van der Waals surface area contributed by atoms with Gasteiger partial charge in [0, 0.05) is 26.4 Å². The Morgan fingerprint density at radius 1 is 1.48 bits per heavy atom. The van der Waals surface area contributed by atoms with E-state index in [2.05, 4.69) is 21.2 Å². The van der Waals surface area contributed by atoms with Gasteiger partial charge in [-0.1, -0.05) is 11.6 Å². The molecule has 0 unspecified atom stereocenters. The molecule has 2 aromatic rings. The Bertz CT molecular complexity index is 720. The van der Waals surface area contributed by atoms with Gasteiger partial charge in [0.15, 0.2) is 0 Å². The molecule has 0 radical (unpaired) electrons. The quantitative estimate of drug-likeness (QED) is 0.473. The summed E-state index contributed by atoms with van der Waals surface area (Å²) in [5.41, 5.74) is 5.07. The number of thiophene rings is 1. The van der Waals surface area contributed by atoms with E-state index in [-0.39, 0.29) is 22.0 Å². The van der Waals surface area contributed by atoms with Crippen molar-refractivity contribution >= 4 is 56.1 Å². The van der Waals surface area contributed by atoms with E-state index >= 15 is 0 Å². The van der Waals surface area contributed by atoms with Crippen molar-refractivity contribution in [1.82, 2.24) is 5.32 Å². The molecule has 0 aliphatic heterocycles. The van der Waals surface area contributed by atoms with Gasteiger partial charge in [-0.25, -0.2) is 0 Å². The van der Waals surface area contributed by atoms with Crippen LogP contribution in [0.25, 0.3) is 0 Å². The van der Waals surface area contributed by atoms with Crippen LogP contribution in [0.4, 0.5) is 11.4 Å². The van der Waals surface area contributed by atoms with Gasteiger partial charge in [-0.15, -0.1) is 11.3 Å². The predicted molar refractivity (Wildman–Crippen MR) is 85.7 cm³/mol. The number of nitro benzene ring substituents is 1. The average Bonchev–Trinajstić information content (AvgIpc) is 2.84. The van der Waals surface area contributed by atoms with E-state index in [1.807, 2.05) is 11.4 Å². The highest BCUT2D eigenvalue weighted by Gasteiger charge is 2.19. The molecule has 0 saturated carbocycles. The van der Waals surface area contributed by atoms with Crippen LogP contribution in [-0.4, -0.2) is 10.8 Å². The zero-order valence-electron chi connectivity index (χ0n) is 10.4. The Hall–Kier alpha value is -1.64. The van der Waals surface area contributed by atoms with Crippen molar-refractivity contribution in [1.29, 1.82) is 0 Å². The minimum absolute atomic E-state index is 0.0202. The predicted octanol–water partition coefficient (Wildman–Crippen LogP) is 3.58. The largest absolute Gasteiger partial charge is 0.392 e. The number of nitrogens with two attached hydrogens (primary N) is 1. The molecule has 3 N–H and O–H groups in total. The maximum Gasteiger partial charge on any atom is 0.294 e. The van der Waals surface area contributed by atoms with E-state index in [0.717, 1.165) is 15.4 Å². The SMILES string of the molecule is Nc1c(Cl)cc(C(=O)NCc2cc(Br)cs2)cc1[N+](=O)[O-]. The van der Waals surface area contributed by atoms with E-state index < -0.39 is 10.8 Å². The maximum absolute atomic E-state index is 12.0. The van der Waals surface area contributed by atoms with E-state index in [0.29, 0.717) is 6.54 Å². The minimum atomic E-state index is -0.672. The molecule has 0 bridgehead atoms. The van der Waals surface area contributed by atoms with Crippen molar-refractivity contribution in [3.8, 4) is 0 Å². The number of carbonyl (C=O) groups excluding carboxylic acids is 1. The lowest BCUT2D eigenvalue weighted by atomic mass is 10.1. The normalized spacial score (nSPS) is 10.4. The van der Waals surface area contributed by atoms with E-state index in [1.54, 1.807) is 0 Å². The fraction of sp³-hybridized carbons (Fsp3) is 0.0833. The molecule has 0 aliphatic carbocycles. The molecule has 1 heterocycles. The highest BCUT2D eigenvalue weighted by Crippen LogP contribution is 2.30. The van der Waals surface area contributed by atoms with Gasteiger partial charge in [-0.3, -0.25) is 14.9 Å². The molecule has 21 heavy (non-hydrogen) atoms. The Morgan fingerprint density at radius 3 is 2.76 bits per heavy atom. The van der Waals surface area contributed by atoms with Gasteiger partial charge in [-0.2, -0.15) is 0 Å². The molecule has 0 fully saturated rings. The maximum atomic E-state index is 12.0. The summed E-state index contributed by atoms with van der Waals surface area (Å²) in [7, 11) is 0. The highest BCUT2D eigenvalue weighted by molar-refractivity contribution is 9.10. The first kappa shape index (κ1) is 15.7. The fourth-order valence-electron chi connectivity index (χ4n) is 1.60. The Balaban J connectivity index is 2.17. The Kier molecular flexibility index (Phi) is 4.81. The molecule has 0 atom stereocenters. The van der Waals surface area contributed by atoms with Crippen molar-refractivity contribution in [2.45, 2.75) is 6.54 Å². The molecule has 0 saturated heterocycles. The van der Waals surface area contributed by atoms with Gasteiger partial charge in [0.2, 0.25) is 0 Å². The van der Waals surface area contributed by atoms with Gasteiger partial charge in [-0.05, 0) is 28.1 Å². The van der Waals surface area contributed by atoms with Crippen LogP contribution < -0.4 is 11.1 Å². The van der Waals surface area contributed by atoms with Gasteiger partial charge < -0.3 is 11.1 Å². The van der Waals surface area contributed by atoms with E-state index in [1.165, 1.54) is 17.4 Å². The number of amides is 1.